The molecule has 27 heavy (non-hydrogen) atoms. The van der Waals surface area contributed by atoms with Gasteiger partial charge in [-0.15, -0.1) is 0 Å². The molecule has 0 spiro atoms. The van der Waals surface area contributed by atoms with E-state index in [4.69, 9.17) is 4.65 Å². The Kier molecular flexibility index (Phi) is 3.81. The van der Waals surface area contributed by atoms with Crippen LogP contribution in [-0.2, 0) is 0 Å². The Bertz CT molecular complexity index is 1230. The molecule has 3 heteroatoms. The molecule has 0 aliphatic heterocycles. The molecule has 0 heterocycles. The molecule has 0 amide bonds. The van der Waals surface area contributed by atoms with Gasteiger partial charge in [-0.1, -0.05) is 91.0 Å². The van der Waals surface area contributed by atoms with Gasteiger partial charge >= 0.3 is 7.69 Å². The molecule has 1 N–H and O–H groups in total. The molecular formula is C24H17BO2. The van der Waals surface area contributed by atoms with Crippen LogP contribution >= 0.6 is 0 Å². The Hall–Kier alpha value is -3.30. The summed E-state index contributed by atoms with van der Waals surface area (Å²) < 4.78 is 5.67. The first-order valence-corrected chi connectivity index (χ1v) is 9.04. The van der Waals surface area contributed by atoms with Crippen LogP contribution in [0.2, 0.25) is 0 Å². The van der Waals surface area contributed by atoms with E-state index in [2.05, 4.69) is 78.9 Å². The van der Waals surface area contributed by atoms with Crippen LogP contribution in [0.4, 0.5) is 0 Å². The average Bonchev–Trinajstić information content (AvgIpc) is 2.74. The lowest BCUT2D eigenvalue weighted by atomic mass is 9.89. The molecule has 2 nitrogen and oxygen atoms in total. The quantitative estimate of drug-likeness (QED) is 0.347. The monoisotopic (exact) mass is 348 g/mol. The van der Waals surface area contributed by atoms with E-state index in [1.165, 1.54) is 21.9 Å². The van der Waals surface area contributed by atoms with Gasteiger partial charge in [-0.25, -0.2) is 0 Å². The molecule has 0 fully saturated rings. The molecule has 0 aromatic heterocycles. The smallest absolute Gasteiger partial charge is 0.504 e. The summed E-state index contributed by atoms with van der Waals surface area (Å²) in [5.41, 5.74) is 2.40. The van der Waals surface area contributed by atoms with Crippen molar-refractivity contribution in [2.75, 3.05) is 0 Å². The normalized spacial score (nSPS) is 11.1. The number of benzene rings is 5. The number of hydrogen-bond acceptors (Lipinski definition) is 2. The molecule has 5 aromatic carbocycles. The lowest BCUT2D eigenvalue weighted by Gasteiger charge is -2.18. The van der Waals surface area contributed by atoms with Crippen LogP contribution in [0, 0.1) is 0 Å². The van der Waals surface area contributed by atoms with E-state index in [1.807, 2.05) is 12.1 Å². The zero-order valence-electron chi connectivity index (χ0n) is 14.7. The Balaban J connectivity index is 2.01. The fourth-order valence-corrected chi connectivity index (χ4v) is 4.04. The SMILES string of the molecule is OBOc1c2ccccc2c(-c2cccc3ccccc23)c2ccccc12. The fraction of sp³-hybridized carbons (Fsp3) is 0. The lowest BCUT2D eigenvalue weighted by Crippen LogP contribution is -2.02. The predicted octanol–water partition coefficient (Wildman–Crippen LogP) is 5.45. The van der Waals surface area contributed by atoms with Crippen molar-refractivity contribution >= 4 is 40.0 Å². The average molecular weight is 348 g/mol. The third-order valence-electron chi connectivity index (χ3n) is 5.15. The van der Waals surface area contributed by atoms with E-state index >= 15 is 0 Å². The maximum atomic E-state index is 9.44. The summed E-state index contributed by atoms with van der Waals surface area (Å²) in [6.07, 6.45) is 0. The number of hydrogen-bond donors (Lipinski definition) is 1. The molecule has 0 saturated heterocycles. The molecule has 0 atom stereocenters. The highest BCUT2D eigenvalue weighted by atomic mass is 16.5. The van der Waals surface area contributed by atoms with Crippen molar-refractivity contribution in [3.63, 3.8) is 0 Å². The van der Waals surface area contributed by atoms with Gasteiger partial charge in [-0.3, -0.25) is 0 Å². The van der Waals surface area contributed by atoms with Crippen LogP contribution in [-0.4, -0.2) is 12.7 Å². The third kappa shape index (κ3) is 2.48. The topological polar surface area (TPSA) is 29.5 Å². The molecule has 0 aliphatic carbocycles. The third-order valence-corrected chi connectivity index (χ3v) is 5.15. The highest BCUT2D eigenvalue weighted by Gasteiger charge is 2.17. The maximum Gasteiger partial charge on any atom is 0.504 e. The van der Waals surface area contributed by atoms with E-state index in [1.54, 1.807) is 0 Å². The van der Waals surface area contributed by atoms with Crippen molar-refractivity contribution in [1.82, 2.24) is 0 Å². The second kappa shape index (κ2) is 6.46. The molecule has 0 radical (unpaired) electrons. The number of fused-ring (bicyclic) bond motifs is 3. The zero-order chi connectivity index (χ0) is 18.2. The van der Waals surface area contributed by atoms with Crippen LogP contribution < -0.4 is 4.65 Å². The summed E-state index contributed by atoms with van der Waals surface area (Å²) in [6, 6.07) is 31.4. The fourth-order valence-electron chi connectivity index (χ4n) is 4.04. The van der Waals surface area contributed by atoms with Crippen molar-refractivity contribution in [1.29, 1.82) is 0 Å². The van der Waals surface area contributed by atoms with Crippen molar-refractivity contribution in [2.24, 2.45) is 0 Å². The Morgan fingerprint density at radius 2 is 1.07 bits per heavy atom. The van der Waals surface area contributed by atoms with Crippen LogP contribution in [0.25, 0.3) is 43.4 Å². The minimum atomic E-state index is -0.346. The molecule has 0 aliphatic rings. The molecule has 5 rings (SSSR count). The van der Waals surface area contributed by atoms with Gasteiger partial charge in [0.25, 0.3) is 0 Å². The largest absolute Gasteiger partial charge is 0.538 e. The first kappa shape index (κ1) is 15.9. The van der Waals surface area contributed by atoms with E-state index in [0.29, 0.717) is 0 Å². The molecule has 0 saturated carbocycles. The van der Waals surface area contributed by atoms with Gasteiger partial charge in [0.15, 0.2) is 0 Å². The zero-order valence-corrected chi connectivity index (χ0v) is 14.7. The van der Waals surface area contributed by atoms with Gasteiger partial charge in [-0.05, 0) is 32.7 Å². The molecular weight excluding hydrogens is 331 g/mol. The summed E-state index contributed by atoms with van der Waals surface area (Å²) in [4.78, 5) is 0. The van der Waals surface area contributed by atoms with Crippen molar-refractivity contribution in [2.45, 2.75) is 0 Å². The maximum absolute atomic E-state index is 9.44. The second-order valence-electron chi connectivity index (χ2n) is 6.60. The van der Waals surface area contributed by atoms with Crippen molar-refractivity contribution in [3.8, 4) is 16.9 Å². The summed E-state index contributed by atoms with van der Waals surface area (Å²) in [6.45, 7) is 0. The highest BCUT2D eigenvalue weighted by Crippen LogP contribution is 2.44. The highest BCUT2D eigenvalue weighted by molar-refractivity contribution is 6.23. The molecule has 0 unspecified atom stereocenters. The standard InChI is InChI=1S/C24H17BO2/c26-25-27-24-21-13-5-3-11-19(21)23(20-12-4-6-14-22(20)24)18-15-7-9-16-8-1-2-10-17(16)18/h1-15,25-26H. The van der Waals surface area contributed by atoms with E-state index < -0.39 is 0 Å². The van der Waals surface area contributed by atoms with Crippen molar-refractivity contribution in [3.05, 3.63) is 91.0 Å². The lowest BCUT2D eigenvalue weighted by molar-refractivity contribution is 0.459. The summed E-state index contributed by atoms with van der Waals surface area (Å²) in [5, 5.41) is 16.2. The Morgan fingerprint density at radius 3 is 1.70 bits per heavy atom. The predicted molar refractivity (Wildman–Crippen MR) is 114 cm³/mol. The van der Waals surface area contributed by atoms with Crippen LogP contribution in [0.1, 0.15) is 0 Å². The summed E-state index contributed by atoms with van der Waals surface area (Å²) in [5.74, 6) is 0.729. The van der Waals surface area contributed by atoms with Gasteiger partial charge in [-0.2, -0.15) is 0 Å². The number of rotatable bonds is 3. The van der Waals surface area contributed by atoms with Gasteiger partial charge in [0.1, 0.15) is 5.75 Å². The first-order valence-electron chi connectivity index (χ1n) is 9.04. The van der Waals surface area contributed by atoms with E-state index in [0.717, 1.165) is 27.3 Å². The van der Waals surface area contributed by atoms with E-state index in [9.17, 15) is 5.02 Å². The van der Waals surface area contributed by atoms with Crippen LogP contribution in [0.5, 0.6) is 5.75 Å². The van der Waals surface area contributed by atoms with Gasteiger partial charge < -0.3 is 9.68 Å². The second-order valence-corrected chi connectivity index (χ2v) is 6.60. The minimum absolute atomic E-state index is 0.346. The van der Waals surface area contributed by atoms with E-state index in [-0.39, 0.29) is 7.69 Å². The summed E-state index contributed by atoms with van der Waals surface area (Å²) >= 11 is 0. The summed E-state index contributed by atoms with van der Waals surface area (Å²) in [7, 11) is -0.346. The Morgan fingerprint density at radius 1 is 0.556 bits per heavy atom. The van der Waals surface area contributed by atoms with Crippen LogP contribution in [0.3, 0.4) is 0 Å². The Labute approximate surface area is 157 Å². The first-order chi connectivity index (χ1) is 13.4. The van der Waals surface area contributed by atoms with Gasteiger partial charge in [0, 0.05) is 10.8 Å². The van der Waals surface area contributed by atoms with Crippen molar-refractivity contribution < 1.29 is 9.68 Å². The molecule has 0 bridgehead atoms. The van der Waals surface area contributed by atoms with Gasteiger partial charge in [0.05, 0.1) is 0 Å². The molecule has 128 valence electrons. The minimum Gasteiger partial charge on any atom is -0.538 e. The van der Waals surface area contributed by atoms with Gasteiger partial charge in [0.2, 0.25) is 0 Å². The molecule has 5 aromatic rings. The van der Waals surface area contributed by atoms with Crippen LogP contribution in [0.15, 0.2) is 91.0 Å².